The zero-order valence-corrected chi connectivity index (χ0v) is 21.2. The highest BCUT2D eigenvalue weighted by Gasteiger charge is 2.30. The quantitative estimate of drug-likeness (QED) is 0.219. The van der Waals surface area contributed by atoms with Gasteiger partial charge in [0, 0.05) is 24.7 Å². The number of Topliss-reactive ketones (excluding diaryl/α,β-unsaturated/α-hetero) is 1. The van der Waals surface area contributed by atoms with Crippen LogP contribution in [0.25, 0.3) is 0 Å². The largest absolute Gasteiger partial charge is 0.481 e. The van der Waals surface area contributed by atoms with Crippen LogP contribution in [-0.2, 0) is 14.4 Å². The lowest BCUT2D eigenvalue weighted by atomic mass is 10.1. The molecule has 3 aromatic rings. The molecule has 2 atom stereocenters. The minimum absolute atomic E-state index is 0.0325. The topological polar surface area (TPSA) is 157 Å². The first kappa shape index (κ1) is 30.5. The zero-order chi connectivity index (χ0) is 30.3. The van der Waals surface area contributed by atoms with Crippen LogP contribution in [0.3, 0.4) is 0 Å². The monoisotopic (exact) mass is 578 g/mol. The first-order valence-electron chi connectivity index (χ1n) is 11.9. The molecule has 3 N–H and O–H groups in total. The summed E-state index contributed by atoms with van der Waals surface area (Å²) >= 11 is 0. The summed E-state index contributed by atoms with van der Waals surface area (Å²) in [5, 5.41) is 13.8. The highest BCUT2D eigenvalue weighted by atomic mass is 19.2. The van der Waals surface area contributed by atoms with E-state index < -0.39 is 83.3 Å². The molecule has 15 heteroatoms. The van der Waals surface area contributed by atoms with Crippen LogP contribution in [0.4, 0.5) is 23.2 Å². The van der Waals surface area contributed by atoms with E-state index in [-0.39, 0.29) is 23.7 Å². The summed E-state index contributed by atoms with van der Waals surface area (Å²) in [4.78, 5) is 66.4. The molecule has 0 bridgehead atoms. The Bertz CT molecular complexity index is 1510. The number of ether oxygens (including phenoxy) is 1. The third-order valence-electron chi connectivity index (χ3n) is 5.69. The lowest BCUT2D eigenvalue weighted by Gasteiger charge is -2.22. The first-order valence-corrected chi connectivity index (χ1v) is 11.9. The average Bonchev–Trinajstić information content (AvgIpc) is 2.94. The fourth-order valence-corrected chi connectivity index (χ4v) is 3.66. The van der Waals surface area contributed by atoms with Gasteiger partial charge in [-0.05, 0) is 30.7 Å². The van der Waals surface area contributed by atoms with Gasteiger partial charge < -0.3 is 25.0 Å². The molecular formula is C26H22F4N4O7. The van der Waals surface area contributed by atoms with E-state index >= 15 is 0 Å². The van der Waals surface area contributed by atoms with Gasteiger partial charge in [-0.1, -0.05) is 6.92 Å². The summed E-state index contributed by atoms with van der Waals surface area (Å²) in [6.45, 7) is 0.250. The van der Waals surface area contributed by atoms with Gasteiger partial charge in [0.05, 0.1) is 12.0 Å². The number of rotatable bonds is 12. The van der Waals surface area contributed by atoms with Crippen molar-refractivity contribution in [3.63, 3.8) is 0 Å². The number of nitrogens with one attached hydrogen (secondary N) is 2. The van der Waals surface area contributed by atoms with Gasteiger partial charge >= 0.3 is 5.97 Å². The van der Waals surface area contributed by atoms with Crippen LogP contribution >= 0.6 is 0 Å². The van der Waals surface area contributed by atoms with E-state index in [1.54, 1.807) is 0 Å². The molecule has 2 unspecified atom stereocenters. The standard InChI is InChI=1S/C26H22F4N4O7/c1-2-18(34-8-4-6-16(26(34)40)32-24(38)13-5-3-7-31-11-13)25(39)33-17(10-20(36)37)19(35)12-41-23-21(29)14(27)9-15(28)22(23)30/h3-9,11,17-18H,2,10,12H2,1H3,(H,32,38)(H,33,39)(H,36,37). The molecule has 0 spiro atoms. The minimum Gasteiger partial charge on any atom is -0.481 e. The smallest absolute Gasteiger partial charge is 0.305 e. The van der Waals surface area contributed by atoms with Gasteiger partial charge in [-0.3, -0.25) is 29.0 Å². The molecule has 41 heavy (non-hydrogen) atoms. The van der Waals surface area contributed by atoms with Crippen molar-refractivity contribution in [1.82, 2.24) is 14.9 Å². The number of carbonyl (C=O) groups is 4. The second-order valence-electron chi connectivity index (χ2n) is 8.47. The minimum atomic E-state index is -1.92. The second-order valence-corrected chi connectivity index (χ2v) is 8.47. The summed E-state index contributed by atoms with van der Waals surface area (Å²) < 4.78 is 60.1. The van der Waals surface area contributed by atoms with Crippen LogP contribution in [0.2, 0.25) is 0 Å². The van der Waals surface area contributed by atoms with Gasteiger partial charge in [0.25, 0.3) is 11.5 Å². The first-order chi connectivity index (χ1) is 19.4. The summed E-state index contributed by atoms with van der Waals surface area (Å²) in [5.41, 5.74) is -0.828. The SMILES string of the molecule is CCC(C(=O)NC(CC(=O)O)C(=O)COc1c(F)c(F)cc(F)c1F)n1cccc(NC(=O)c2cccnc2)c1=O. The van der Waals surface area contributed by atoms with Crippen molar-refractivity contribution in [3.05, 3.63) is 88.1 Å². The Morgan fingerprint density at radius 2 is 1.76 bits per heavy atom. The van der Waals surface area contributed by atoms with Crippen molar-refractivity contribution in [2.24, 2.45) is 0 Å². The molecule has 2 amide bonds. The number of benzene rings is 1. The average molecular weight is 578 g/mol. The number of carboxylic acids is 1. The van der Waals surface area contributed by atoms with Crippen molar-refractivity contribution in [2.45, 2.75) is 31.8 Å². The van der Waals surface area contributed by atoms with E-state index in [2.05, 4.69) is 20.4 Å². The summed E-state index contributed by atoms with van der Waals surface area (Å²) in [5.74, 6) is -13.4. The third kappa shape index (κ3) is 7.32. The number of carboxylic acid groups (broad SMARTS) is 1. The van der Waals surface area contributed by atoms with Crippen LogP contribution in [0, 0.1) is 23.3 Å². The van der Waals surface area contributed by atoms with Gasteiger partial charge in [0.2, 0.25) is 17.5 Å². The number of anilines is 1. The molecule has 2 aromatic heterocycles. The van der Waals surface area contributed by atoms with Gasteiger partial charge in [0.1, 0.15) is 24.4 Å². The fraction of sp³-hybridized carbons (Fsp3) is 0.231. The molecule has 3 rings (SSSR count). The molecule has 0 saturated carbocycles. The van der Waals surface area contributed by atoms with Crippen molar-refractivity contribution >= 4 is 29.3 Å². The maximum atomic E-state index is 13.9. The normalized spacial score (nSPS) is 12.2. The van der Waals surface area contributed by atoms with E-state index in [9.17, 15) is 46.6 Å². The van der Waals surface area contributed by atoms with Gasteiger partial charge in [-0.15, -0.1) is 0 Å². The molecule has 216 valence electrons. The molecule has 0 aliphatic carbocycles. The number of ketones is 1. The van der Waals surface area contributed by atoms with Crippen LogP contribution in [-0.4, -0.2) is 50.9 Å². The Balaban J connectivity index is 1.79. The number of hydrogen-bond acceptors (Lipinski definition) is 7. The van der Waals surface area contributed by atoms with Gasteiger partial charge in [-0.25, -0.2) is 8.78 Å². The van der Waals surface area contributed by atoms with Crippen LogP contribution in [0.15, 0.2) is 53.7 Å². The molecule has 0 aliphatic rings. The predicted octanol–water partition coefficient (Wildman–Crippen LogP) is 2.61. The molecule has 2 heterocycles. The summed E-state index contributed by atoms with van der Waals surface area (Å²) in [6, 6.07) is 2.45. The molecule has 0 fully saturated rings. The van der Waals surface area contributed by atoms with E-state index in [0.29, 0.717) is 0 Å². The maximum Gasteiger partial charge on any atom is 0.305 e. The molecule has 11 nitrogen and oxygen atoms in total. The van der Waals surface area contributed by atoms with Crippen LogP contribution in [0.1, 0.15) is 36.2 Å². The zero-order valence-electron chi connectivity index (χ0n) is 21.2. The molecule has 0 aliphatic heterocycles. The Labute approximate surface area is 228 Å². The van der Waals surface area contributed by atoms with Crippen molar-refractivity contribution in [3.8, 4) is 5.75 Å². The Morgan fingerprint density at radius 1 is 1.07 bits per heavy atom. The van der Waals surface area contributed by atoms with E-state index in [4.69, 9.17) is 0 Å². The summed E-state index contributed by atoms with van der Waals surface area (Å²) in [7, 11) is 0. The number of aliphatic carboxylic acids is 1. The Morgan fingerprint density at radius 3 is 2.34 bits per heavy atom. The number of amides is 2. The van der Waals surface area contributed by atoms with Gasteiger partial charge in [0.15, 0.2) is 23.2 Å². The number of nitrogens with zero attached hydrogens (tertiary/aromatic N) is 2. The fourth-order valence-electron chi connectivity index (χ4n) is 3.66. The third-order valence-corrected chi connectivity index (χ3v) is 5.69. The van der Waals surface area contributed by atoms with Crippen LogP contribution < -0.4 is 20.9 Å². The number of halogens is 4. The molecule has 0 saturated heterocycles. The number of aromatic nitrogens is 2. The highest BCUT2D eigenvalue weighted by molar-refractivity contribution is 6.04. The molecule has 1 aromatic carbocycles. The van der Waals surface area contributed by atoms with Crippen molar-refractivity contribution in [1.29, 1.82) is 0 Å². The second kappa shape index (κ2) is 13.3. The molecule has 0 radical (unpaired) electrons. The number of pyridine rings is 2. The lowest BCUT2D eigenvalue weighted by Crippen LogP contribution is -2.48. The van der Waals surface area contributed by atoms with Crippen molar-refractivity contribution in [2.75, 3.05) is 11.9 Å². The van der Waals surface area contributed by atoms with E-state index in [0.717, 1.165) is 4.57 Å². The highest BCUT2D eigenvalue weighted by Crippen LogP contribution is 2.26. The van der Waals surface area contributed by atoms with E-state index in [1.807, 2.05) is 0 Å². The van der Waals surface area contributed by atoms with Crippen molar-refractivity contribution < 1.29 is 46.6 Å². The maximum absolute atomic E-state index is 13.9. The lowest BCUT2D eigenvalue weighted by molar-refractivity contribution is -0.140. The number of carbonyl (C=O) groups excluding carboxylic acids is 3. The van der Waals surface area contributed by atoms with Gasteiger partial charge in [-0.2, -0.15) is 8.78 Å². The Hall–Kier alpha value is -5.08. The van der Waals surface area contributed by atoms with E-state index in [1.165, 1.54) is 49.8 Å². The number of hydrogen-bond donors (Lipinski definition) is 3. The predicted molar refractivity (Wildman–Crippen MR) is 133 cm³/mol. The molecular weight excluding hydrogens is 556 g/mol. The Kier molecular flexibility index (Phi) is 9.90. The summed E-state index contributed by atoms with van der Waals surface area (Å²) in [6.07, 6.45) is 2.92. The van der Waals surface area contributed by atoms with Crippen LogP contribution in [0.5, 0.6) is 5.75 Å².